The van der Waals surface area contributed by atoms with Crippen molar-refractivity contribution in [2.45, 2.75) is 12.6 Å². The third-order valence-electron chi connectivity index (χ3n) is 0.814. The topological polar surface area (TPSA) is 20.2 Å². The number of rotatable bonds is 2. The number of hydrogen-bond acceptors (Lipinski definition) is 1. The molecule has 0 aliphatic carbocycles. The van der Waals surface area contributed by atoms with Crippen molar-refractivity contribution in [3.8, 4) is 0 Å². The minimum Gasteiger partial charge on any atom is -0.396 e. The maximum atomic E-state index is 11.4. The predicted molar refractivity (Wildman–Crippen MR) is 26.9 cm³/mol. The van der Waals surface area contributed by atoms with Crippen LogP contribution in [0.5, 0.6) is 0 Å². The molecule has 9 heavy (non-hydrogen) atoms. The quantitative estimate of drug-likeness (QED) is 0.576. The number of aliphatic hydroxyl groups excluding tert-OH is 1. The second-order valence-corrected chi connectivity index (χ2v) is 1.57. The molecule has 0 aliphatic rings. The van der Waals surface area contributed by atoms with Gasteiger partial charge >= 0.3 is 6.18 Å². The van der Waals surface area contributed by atoms with Gasteiger partial charge in [0, 0.05) is 12.2 Å². The van der Waals surface area contributed by atoms with Gasteiger partial charge in [0.2, 0.25) is 0 Å². The summed E-state index contributed by atoms with van der Waals surface area (Å²) in [5.74, 6) is 0. The van der Waals surface area contributed by atoms with Crippen LogP contribution in [0, 0.1) is 0 Å². The first-order chi connectivity index (χ1) is 3.98. The van der Waals surface area contributed by atoms with Gasteiger partial charge in [0.25, 0.3) is 0 Å². The second-order valence-electron chi connectivity index (χ2n) is 1.57. The number of alkyl halides is 3. The lowest BCUT2D eigenvalue weighted by molar-refractivity contribution is -0.0946. The van der Waals surface area contributed by atoms with E-state index < -0.39 is 24.8 Å². The van der Waals surface area contributed by atoms with Gasteiger partial charge in [-0.2, -0.15) is 13.2 Å². The summed E-state index contributed by atoms with van der Waals surface area (Å²) in [4.78, 5) is 0. The Balaban J connectivity index is 3.74. The zero-order valence-electron chi connectivity index (χ0n) is 4.70. The van der Waals surface area contributed by atoms with Crippen molar-refractivity contribution in [3.63, 3.8) is 0 Å². The van der Waals surface area contributed by atoms with E-state index in [0.29, 0.717) is 0 Å². The van der Waals surface area contributed by atoms with Crippen molar-refractivity contribution in [1.82, 2.24) is 0 Å². The molecule has 0 spiro atoms. The van der Waals surface area contributed by atoms with Crippen LogP contribution < -0.4 is 0 Å². The lowest BCUT2D eigenvalue weighted by Crippen LogP contribution is -2.11. The molecule has 0 rings (SSSR count). The summed E-state index contributed by atoms with van der Waals surface area (Å²) in [6.45, 7) is 2.23. The van der Waals surface area contributed by atoms with Crippen molar-refractivity contribution in [1.29, 1.82) is 0 Å². The Kier molecular flexibility index (Phi) is 2.70. The molecular formula is C5H7F3O. The van der Waals surface area contributed by atoms with Crippen LogP contribution >= 0.6 is 0 Å². The molecule has 0 aliphatic heterocycles. The Morgan fingerprint density at radius 1 is 1.44 bits per heavy atom. The van der Waals surface area contributed by atoms with Crippen LogP contribution in [0.3, 0.4) is 0 Å². The van der Waals surface area contributed by atoms with E-state index in [2.05, 4.69) is 6.58 Å². The minimum atomic E-state index is -4.34. The molecule has 0 aromatic heterocycles. The molecule has 0 fully saturated rings. The molecule has 0 aromatic carbocycles. The highest BCUT2D eigenvalue weighted by molar-refractivity contribution is 5.01. The van der Waals surface area contributed by atoms with Gasteiger partial charge in [0.15, 0.2) is 0 Å². The van der Waals surface area contributed by atoms with E-state index in [4.69, 9.17) is 5.11 Å². The first-order valence-corrected chi connectivity index (χ1v) is 2.34. The van der Waals surface area contributed by atoms with Gasteiger partial charge in [0.05, 0.1) is 0 Å². The van der Waals surface area contributed by atoms with E-state index in [9.17, 15) is 13.2 Å². The van der Waals surface area contributed by atoms with Crippen LogP contribution in [0.15, 0.2) is 12.2 Å². The van der Waals surface area contributed by atoms with E-state index in [-0.39, 0.29) is 0 Å². The zero-order chi connectivity index (χ0) is 7.49. The highest BCUT2D eigenvalue weighted by Crippen LogP contribution is 2.25. The summed E-state index contributed by atoms with van der Waals surface area (Å²) in [5.41, 5.74) is -0.884. The van der Waals surface area contributed by atoms with Crippen molar-refractivity contribution in [3.05, 3.63) is 12.2 Å². The number of aliphatic hydroxyl groups is 1. The third kappa shape index (κ3) is 3.13. The molecule has 0 amide bonds. The van der Waals surface area contributed by atoms with E-state index in [0.717, 1.165) is 0 Å². The monoisotopic (exact) mass is 140 g/mol. The van der Waals surface area contributed by atoms with E-state index in [1.165, 1.54) is 0 Å². The lowest BCUT2D eigenvalue weighted by atomic mass is 10.2. The molecule has 0 radical (unpaired) electrons. The summed E-state index contributed by atoms with van der Waals surface area (Å²) >= 11 is 0. The van der Waals surface area contributed by atoms with Gasteiger partial charge in [-0.05, 0) is 6.42 Å². The standard InChI is InChI=1S/C5H7F3O/c1-4(2-3-9)5(6,7)8/h9H,1-3H2. The molecule has 0 saturated heterocycles. The average molecular weight is 140 g/mol. The fourth-order valence-electron chi connectivity index (χ4n) is 0.277. The van der Waals surface area contributed by atoms with Crippen molar-refractivity contribution in [2.24, 2.45) is 0 Å². The highest BCUT2D eigenvalue weighted by Gasteiger charge is 2.30. The Bertz CT molecular complexity index is 105. The van der Waals surface area contributed by atoms with Crippen LogP contribution in [0.1, 0.15) is 6.42 Å². The first kappa shape index (κ1) is 8.49. The maximum absolute atomic E-state index is 11.4. The summed E-state index contributed by atoms with van der Waals surface area (Å²) in [6, 6.07) is 0. The Labute approximate surface area is 50.8 Å². The van der Waals surface area contributed by atoms with Crippen LogP contribution in [0.4, 0.5) is 13.2 Å². The molecule has 1 nitrogen and oxygen atoms in total. The first-order valence-electron chi connectivity index (χ1n) is 2.34. The van der Waals surface area contributed by atoms with Gasteiger partial charge in [-0.1, -0.05) is 6.58 Å². The molecular weight excluding hydrogens is 133 g/mol. The fourth-order valence-corrected chi connectivity index (χ4v) is 0.277. The molecule has 0 atom stereocenters. The normalized spacial score (nSPS) is 11.6. The predicted octanol–water partition coefficient (Wildman–Crippen LogP) is 1.49. The molecule has 0 bridgehead atoms. The minimum absolute atomic E-state index is 0.399. The summed E-state index contributed by atoms with van der Waals surface area (Å²) in [6.07, 6.45) is -4.74. The largest absolute Gasteiger partial charge is 0.412 e. The van der Waals surface area contributed by atoms with E-state index in [1.807, 2.05) is 0 Å². The van der Waals surface area contributed by atoms with E-state index >= 15 is 0 Å². The second kappa shape index (κ2) is 2.87. The molecule has 4 heteroatoms. The van der Waals surface area contributed by atoms with Gasteiger partial charge in [-0.15, -0.1) is 0 Å². The fraction of sp³-hybridized carbons (Fsp3) is 0.600. The average Bonchev–Trinajstić information content (AvgIpc) is 1.64. The van der Waals surface area contributed by atoms with Crippen molar-refractivity contribution in [2.75, 3.05) is 6.61 Å². The summed E-state index contributed by atoms with van der Waals surface area (Å²) in [5, 5.41) is 8.04. The van der Waals surface area contributed by atoms with Gasteiger partial charge in [0.1, 0.15) is 0 Å². The van der Waals surface area contributed by atoms with Gasteiger partial charge < -0.3 is 5.11 Å². The van der Waals surface area contributed by atoms with Crippen LogP contribution in [-0.2, 0) is 0 Å². The summed E-state index contributed by atoms with van der Waals surface area (Å²) < 4.78 is 34.3. The molecule has 54 valence electrons. The van der Waals surface area contributed by atoms with Crippen molar-refractivity contribution >= 4 is 0 Å². The smallest absolute Gasteiger partial charge is 0.396 e. The maximum Gasteiger partial charge on any atom is 0.412 e. The third-order valence-corrected chi connectivity index (χ3v) is 0.814. The Morgan fingerprint density at radius 3 is 2.00 bits per heavy atom. The van der Waals surface area contributed by atoms with Gasteiger partial charge in [-0.25, -0.2) is 0 Å². The summed E-state index contributed by atoms with van der Waals surface area (Å²) in [7, 11) is 0. The van der Waals surface area contributed by atoms with E-state index in [1.54, 1.807) is 0 Å². The molecule has 0 saturated carbocycles. The Morgan fingerprint density at radius 2 is 1.89 bits per heavy atom. The van der Waals surface area contributed by atoms with Gasteiger partial charge in [-0.3, -0.25) is 0 Å². The molecule has 1 N–H and O–H groups in total. The Hall–Kier alpha value is -0.510. The van der Waals surface area contributed by atoms with Crippen LogP contribution in [0.25, 0.3) is 0 Å². The zero-order valence-corrected chi connectivity index (χ0v) is 4.70. The SMILES string of the molecule is C=C(CCO)C(F)(F)F. The lowest BCUT2D eigenvalue weighted by Gasteiger charge is -2.06. The number of halogens is 3. The van der Waals surface area contributed by atoms with Crippen molar-refractivity contribution < 1.29 is 18.3 Å². The molecule has 0 aromatic rings. The number of hydrogen-bond donors (Lipinski definition) is 1. The van der Waals surface area contributed by atoms with Crippen LogP contribution in [-0.4, -0.2) is 17.9 Å². The molecule has 0 heterocycles. The molecule has 0 unspecified atom stereocenters. The highest BCUT2D eigenvalue weighted by atomic mass is 19.4. The van der Waals surface area contributed by atoms with Crippen LogP contribution in [0.2, 0.25) is 0 Å².